The molecule has 0 fully saturated rings. The number of ether oxygens (including phenoxy) is 1. The molecular formula is C18H16FN5O3. The Morgan fingerprint density at radius 2 is 1.93 bits per heavy atom. The van der Waals surface area contributed by atoms with E-state index in [9.17, 15) is 14.5 Å². The Morgan fingerprint density at radius 3 is 2.59 bits per heavy atom. The van der Waals surface area contributed by atoms with Crippen molar-refractivity contribution in [3.63, 3.8) is 0 Å². The SMILES string of the molecule is Nc1nc(NCc2ccc(OCc3ccccc3F)cc2)ncc1[N+](=O)[O-]. The van der Waals surface area contributed by atoms with Crippen LogP contribution in [0.2, 0.25) is 0 Å². The van der Waals surface area contributed by atoms with Crippen LogP contribution in [0.15, 0.2) is 54.7 Å². The van der Waals surface area contributed by atoms with Crippen LogP contribution in [-0.2, 0) is 13.2 Å². The lowest BCUT2D eigenvalue weighted by Gasteiger charge is -2.09. The molecule has 0 saturated carbocycles. The van der Waals surface area contributed by atoms with Crippen LogP contribution in [0.3, 0.4) is 0 Å². The standard InChI is InChI=1S/C18H16FN5O3/c19-15-4-2-1-3-13(15)11-27-14-7-5-12(6-8-14)9-21-18-22-10-16(24(25)26)17(20)23-18/h1-8,10H,9,11H2,(H3,20,21,22,23). The summed E-state index contributed by atoms with van der Waals surface area (Å²) in [5, 5.41) is 13.6. The monoisotopic (exact) mass is 369 g/mol. The van der Waals surface area contributed by atoms with Gasteiger partial charge < -0.3 is 15.8 Å². The van der Waals surface area contributed by atoms with Crippen molar-refractivity contribution >= 4 is 17.5 Å². The number of aromatic nitrogens is 2. The van der Waals surface area contributed by atoms with Crippen molar-refractivity contribution in [1.82, 2.24) is 9.97 Å². The number of hydrogen-bond donors (Lipinski definition) is 2. The molecule has 0 radical (unpaired) electrons. The van der Waals surface area contributed by atoms with Crippen LogP contribution in [0, 0.1) is 15.9 Å². The number of anilines is 2. The van der Waals surface area contributed by atoms with E-state index in [2.05, 4.69) is 15.3 Å². The third kappa shape index (κ3) is 4.66. The van der Waals surface area contributed by atoms with Crippen molar-refractivity contribution in [1.29, 1.82) is 0 Å². The number of nitrogens with one attached hydrogen (secondary N) is 1. The topological polar surface area (TPSA) is 116 Å². The maximum atomic E-state index is 13.6. The number of nitrogens with zero attached hydrogens (tertiary/aromatic N) is 3. The average molecular weight is 369 g/mol. The van der Waals surface area contributed by atoms with Crippen molar-refractivity contribution in [2.75, 3.05) is 11.1 Å². The van der Waals surface area contributed by atoms with Gasteiger partial charge in [0, 0.05) is 12.1 Å². The molecule has 0 aliphatic heterocycles. The number of rotatable bonds is 7. The lowest BCUT2D eigenvalue weighted by atomic mass is 10.2. The normalized spacial score (nSPS) is 10.4. The molecule has 0 amide bonds. The van der Waals surface area contributed by atoms with E-state index in [0.29, 0.717) is 17.9 Å². The minimum absolute atomic E-state index is 0.139. The quantitative estimate of drug-likeness (QED) is 0.485. The van der Waals surface area contributed by atoms with E-state index in [1.165, 1.54) is 6.07 Å². The summed E-state index contributed by atoms with van der Waals surface area (Å²) in [6, 6.07) is 13.6. The fraction of sp³-hybridized carbons (Fsp3) is 0.111. The molecule has 9 heteroatoms. The first-order valence-corrected chi connectivity index (χ1v) is 7.99. The third-order valence-electron chi connectivity index (χ3n) is 3.72. The molecule has 3 N–H and O–H groups in total. The second-order valence-electron chi connectivity index (χ2n) is 5.60. The molecule has 0 spiro atoms. The first-order chi connectivity index (χ1) is 13.0. The van der Waals surface area contributed by atoms with Crippen LogP contribution in [0.5, 0.6) is 5.75 Å². The van der Waals surface area contributed by atoms with Gasteiger partial charge in [0.15, 0.2) is 0 Å². The van der Waals surface area contributed by atoms with Crippen LogP contribution in [0.25, 0.3) is 0 Å². The van der Waals surface area contributed by atoms with Crippen LogP contribution in [0.4, 0.5) is 21.8 Å². The van der Waals surface area contributed by atoms with Gasteiger partial charge in [-0.15, -0.1) is 0 Å². The molecule has 0 atom stereocenters. The summed E-state index contributed by atoms with van der Waals surface area (Å²) in [6.45, 7) is 0.533. The molecule has 0 unspecified atom stereocenters. The van der Waals surface area contributed by atoms with Gasteiger partial charge >= 0.3 is 5.69 Å². The predicted molar refractivity (Wildman–Crippen MR) is 97.6 cm³/mol. The van der Waals surface area contributed by atoms with E-state index in [-0.39, 0.29) is 29.9 Å². The Labute approximate surface area is 154 Å². The summed E-state index contributed by atoms with van der Waals surface area (Å²) < 4.78 is 19.1. The predicted octanol–water partition coefficient (Wildman–Crippen LogP) is 3.30. The van der Waals surface area contributed by atoms with Gasteiger partial charge in [-0.1, -0.05) is 30.3 Å². The molecule has 3 rings (SSSR count). The second kappa shape index (κ2) is 8.09. The van der Waals surface area contributed by atoms with Crippen LogP contribution < -0.4 is 15.8 Å². The fourth-order valence-electron chi connectivity index (χ4n) is 2.28. The molecule has 0 bridgehead atoms. The van der Waals surface area contributed by atoms with Crippen LogP contribution in [-0.4, -0.2) is 14.9 Å². The average Bonchev–Trinajstić information content (AvgIpc) is 2.66. The highest BCUT2D eigenvalue weighted by Crippen LogP contribution is 2.19. The van der Waals surface area contributed by atoms with E-state index in [4.69, 9.17) is 10.5 Å². The highest BCUT2D eigenvalue weighted by Gasteiger charge is 2.13. The maximum absolute atomic E-state index is 13.6. The molecule has 0 aliphatic rings. The van der Waals surface area contributed by atoms with Crippen molar-refractivity contribution in [3.05, 3.63) is 81.8 Å². The highest BCUT2D eigenvalue weighted by molar-refractivity contribution is 5.53. The zero-order valence-electron chi connectivity index (χ0n) is 14.1. The highest BCUT2D eigenvalue weighted by atomic mass is 19.1. The number of nitrogens with two attached hydrogens (primary N) is 1. The first kappa shape index (κ1) is 18.1. The Balaban J connectivity index is 1.55. The molecular weight excluding hydrogens is 353 g/mol. The molecule has 1 aromatic heterocycles. The van der Waals surface area contributed by atoms with Gasteiger partial charge in [-0.2, -0.15) is 4.98 Å². The third-order valence-corrected chi connectivity index (χ3v) is 3.72. The summed E-state index contributed by atoms with van der Waals surface area (Å²) in [5.41, 5.74) is 6.58. The van der Waals surface area contributed by atoms with E-state index in [1.807, 2.05) is 12.1 Å². The number of nitrogen functional groups attached to an aromatic ring is 1. The zero-order chi connectivity index (χ0) is 19.2. The molecule has 3 aromatic rings. The summed E-state index contributed by atoms with van der Waals surface area (Å²) >= 11 is 0. The van der Waals surface area contributed by atoms with Crippen molar-refractivity contribution in [2.45, 2.75) is 13.2 Å². The summed E-state index contributed by atoms with van der Waals surface area (Å²) in [4.78, 5) is 17.8. The van der Waals surface area contributed by atoms with Crippen molar-refractivity contribution in [2.24, 2.45) is 0 Å². The minimum atomic E-state index is -0.640. The molecule has 0 saturated heterocycles. The van der Waals surface area contributed by atoms with Crippen molar-refractivity contribution < 1.29 is 14.1 Å². The molecule has 0 aliphatic carbocycles. The van der Waals surface area contributed by atoms with Gasteiger partial charge in [-0.05, 0) is 23.8 Å². The summed E-state index contributed by atoms with van der Waals surface area (Å²) in [7, 11) is 0. The van der Waals surface area contributed by atoms with Crippen molar-refractivity contribution in [3.8, 4) is 5.75 Å². The van der Waals surface area contributed by atoms with Gasteiger partial charge in [0.1, 0.15) is 24.4 Å². The maximum Gasteiger partial charge on any atom is 0.329 e. The van der Waals surface area contributed by atoms with Gasteiger partial charge in [-0.3, -0.25) is 10.1 Å². The Kier molecular flexibility index (Phi) is 5.41. The molecule has 138 valence electrons. The number of nitro groups is 1. The van der Waals surface area contributed by atoms with E-state index in [1.54, 1.807) is 30.3 Å². The molecule has 27 heavy (non-hydrogen) atoms. The fourth-order valence-corrected chi connectivity index (χ4v) is 2.28. The molecule has 2 aromatic carbocycles. The zero-order valence-corrected chi connectivity index (χ0v) is 14.1. The van der Waals surface area contributed by atoms with Gasteiger partial charge in [-0.25, -0.2) is 9.37 Å². The Bertz CT molecular complexity index is 950. The second-order valence-corrected chi connectivity index (χ2v) is 5.60. The van der Waals surface area contributed by atoms with Gasteiger partial charge in [0.25, 0.3) is 0 Å². The van der Waals surface area contributed by atoms with Crippen LogP contribution >= 0.6 is 0 Å². The lowest BCUT2D eigenvalue weighted by Crippen LogP contribution is -2.07. The van der Waals surface area contributed by atoms with Crippen LogP contribution in [0.1, 0.15) is 11.1 Å². The number of halogens is 1. The van der Waals surface area contributed by atoms with Gasteiger partial charge in [0.2, 0.25) is 11.8 Å². The van der Waals surface area contributed by atoms with E-state index < -0.39 is 4.92 Å². The number of hydrogen-bond acceptors (Lipinski definition) is 7. The minimum Gasteiger partial charge on any atom is -0.489 e. The smallest absolute Gasteiger partial charge is 0.329 e. The molecule has 1 heterocycles. The first-order valence-electron chi connectivity index (χ1n) is 7.99. The Hall–Kier alpha value is -3.75. The van der Waals surface area contributed by atoms with E-state index >= 15 is 0 Å². The van der Waals surface area contributed by atoms with Gasteiger partial charge in [0.05, 0.1) is 4.92 Å². The molecule has 8 nitrogen and oxygen atoms in total. The number of benzene rings is 2. The Morgan fingerprint density at radius 1 is 1.19 bits per heavy atom. The summed E-state index contributed by atoms with van der Waals surface area (Å²) in [6.07, 6.45) is 1.06. The largest absolute Gasteiger partial charge is 0.489 e. The van der Waals surface area contributed by atoms with E-state index in [0.717, 1.165) is 11.8 Å². The summed E-state index contributed by atoms with van der Waals surface area (Å²) in [5.74, 6) is 0.297. The lowest BCUT2D eigenvalue weighted by molar-refractivity contribution is -0.384.